The minimum Gasteiger partial charge on any atom is -0.319 e. The van der Waals surface area contributed by atoms with Gasteiger partial charge in [-0.3, -0.25) is 0 Å². The first-order valence-corrected chi connectivity index (χ1v) is 18.2. The minimum absolute atomic E-state index is 0.431. The van der Waals surface area contributed by atoms with Crippen molar-refractivity contribution in [1.82, 2.24) is 9.13 Å². The van der Waals surface area contributed by atoms with Crippen molar-refractivity contribution in [2.24, 2.45) is 0 Å². The highest BCUT2D eigenvalue weighted by Crippen LogP contribution is 2.43. The maximum Gasteiger partial charge on any atom is 0.211 e. The molecule has 10 rings (SSSR count). The molecule has 0 saturated heterocycles. The third-order valence-corrected chi connectivity index (χ3v) is 10.5. The van der Waals surface area contributed by atoms with Gasteiger partial charge in [0, 0.05) is 49.9 Å². The van der Waals surface area contributed by atoms with Gasteiger partial charge >= 0.3 is 0 Å². The predicted molar refractivity (Wildman–Crippen MR) is 226 cm³/mol. The zero-order valence-electron chi connectivity index (χ0n) is 29.6. The molecular formula is C50H31N5. The van der Waals surface area contributed by atoms with E-state index in [0.717, 1.165) is 66.9 Å². The van der Waals surface area contributed by atoms with Gasteiger partial charge in [0.05, 0.1) is 40.4 Å². The van der Waals surface area contributed by atoms with Gasteiger partial charge in [0.2, 0.25) is 5.69 Å². The quantitative estimate of drug-likeness (QED) is 0.162. The molecule has 5 nitrogen and oxygen atoms in total. The van der Waals surface area contributed by atoms with E-state index in [4.69, 9.17) is 6.57 Å². The Labute approximate surface area is 318 Å². The first-order valence-electron chi connectivity index (χ1n) is 18.2. The molecule has 0 amide bonds. The van der Waals surface area contributed by atoms with Crippen LogP contribution in [0.15, 0.2) is 188 Å². The molecule has 0 fully saturated rings. The monoisotopic (exact) mass is 701 g/mol. The average molecular weight is 702 g/mol. The van der Waals surface area contributed by atoms with Gasteiger partial charge in [0.15, 0.2) is 0 Å². The first-order chi connectivity index (χ1) is 27.2. The number of rotatable bonds is 6. The van der Waals surface area contributed by atoms with Crippen LogP contribution in [0, 0.1) is 17.9 Å². The Morgan fingerprint density at radius 1 is 0.455 bits per heavy atom. The van der Waals surface area contributed by atoms with Gasteiger partial charge in [-0.05, 0) is 108 Å². The lowest BCUT2D eigenvalue weighted by molar-refractivity contribution is 1.18. The molecule has 0 aliphatic rings. The smallest absolute Gasteiger partial charge is 0.211 e. The topological polar surface area (TPSA) is 41.2 Å². The van der Waals surface area contributed by atoms with Crippen LogP contribution in [0.25, 0.3) is 71.0 Å². The van der Waals surface area contributed by atoms with Crippen molar-refractivity contribution < 1.29 is 0 Å². The highest BCUT2D eigenvalue weighted by atomic mass is 15.1. The van der Waals surface area contributed by atoms with E-state index in [1.165, 1.54) is 16.3 Å². The Morgan fingerprint density at radius 3 is 1.75 bits per heavy atom. The summed E-state index contributed by atoms with van der Waals surface area (Å²) in [5.41, 5.74) is 12.4. The van der Waals surface area contributed by atoms with Crippen LogP contribution >= 0.6 is 0 Å². The Morgan fingerprint density at radius 2 is 1.04 bits per heavy atom. The van der Waals surface area contributed by atoms with Crippen molar-refractivity contribution in [3.63, 3.8) is 0 Å². The Balaban J connectivity index is 1.23. The second-order valence-electron chi connectivity index (χ2n) is 13.6. The Kier molecular flexibility index (Phi) is 7.51. The fourth-order valence-electron chi connectivity index (χ4n) is 8.07. The Hall–Kier alpha value is -7.86. The lowest BCUT2D eigenvalue weighted by atomic mass is 10.0. The van der Waals surface area contributed by atoms with E-state index in [1.807, 2.05) is 18.2 Å². The van der Waals surface area contributed by atoms with Crippen LogP contribution in [-0.4, -0.2) is 9.13 Å². The minimum atomic E-state index is 0.431. The van der Waals surface area contributed by atoms with E-state index in [0.29, 0.717) is 11.3 Å². The van der Waals surface area contributed by atoms with Gasteiger partial charge in [-0.1, -0.05) is 91.0 Å². The summed E-state index contributed by atoms with van der Waals surface area (Å²) in [6.07, 6.45) is 0. The molecular weight excluding hydrogens is 671 g/mol. The largest absolute Gasteiger partial charge is 0.319 e. The van der Waals surface area contributed by atoms with Crippen LogP contribution in [-0.2, 0) is 0 Å². The lowest BCUT2D eigenvalue weighted by Crippen LogP contribution is -2.09. The fraction of sp³-hybridized carbons (Fsp3) is 0. The number of fused-ring (bicyclic) bond motifs is 6. The van der Waals surface area contributed by atoms with Crippen LogP contribution < -0.4 is 4.90 Å². The first kappa shape index (κ1) is 31.8. The number of nitrogens with zero attached hydrogens (tertiary/aromatic N) is 5. The summed E-state index contributed by atoms with van der Waals surface area (Å²) in [5, 5.41) is 14.2. The zero-order valence-corrected chi connectivity index (χ0v) is 29.6. The van der Waals surface area contributed by atoms with Crippen LogP contribution in [0.1, 0.15) is 5.56 Å². The molecule has 5 heteroatoms. The molecule has 2 heterocycles. The van der Waals surface area contributed by atoms with Crippen LogP contribution in [0.4, 0.5) is 22.7 Å². The van der Waals surface area contributed by atoms with Crippen LogP contribution in [0.2, 0.25) is 0 Å². The number of nitriles is 1. The van der Waals surface area contributed by atoms with Gasteiger partial charge < -0.3 is 14.0 Å². The number of hydrogen-bond donors (Lipinski definition) is 0. The van der Waals surface area contributed by atoms with E-state index in [9.17, 15) is 5.26 Å². The van der Waals surface area contributed by atoms with Crippen molar-refractivity contribution in [3.8, 4) is 28.6 Å². The summed E-state index contributed by atoms with van der Waals surface area (Å²) in [6, 6.07) is 67.5. The molecule has 0 atom stereocenters. The van der Waals surface area contributed by atoms with Gasteiger partial charge in [-0.15, -0.1) is 0 Å². The van der Waals surface area contributed by atoms with E-state index in [1.54, 1.807) is 12.1 Å². The summed E-state index contributed by atoms with van der Waals surface area (Å²) in [5.74, 6) is 0. The van der Waals surface area contributed by atoms with Crippen molar-refractivity contribution >= 4 is 66.4 Å². The van der Waals surface area contributed by atoms with Crippen molar-refractivity contribution in [3.05, 3.63) is 205 Å². The average Bonchev–Trinajstić information content (AvgIpc) is 3.76. The molecule has 2 aromatic heterocycles. The molecule has 0 aliphatic carbocycles. The molecule has 0 aliphatic heterocycles. The molecule has 0 saturated carbocycles. The molecule has 0 N–H and O–H groups in total. The third-order valence-electron chi connectivity index (χ3n) is 10.5. The molecule has 55 heavy (non-hydrogen) atoms. The van der Waals surface area contributed by atoms with Crippen molar-refractivity contribution in [2.75, 3.05) is 4.90 Å². The van der Waals surface area contributed by atoms with Gasteiger partial charge in [-0.2, -0.15) is 5.26 Å². The summed E-state index contributed by atoms with van der Waals surface area (Å²) in [7, 11) is 0. The molecule has 10 aromatic rings. The number of aromatic nitrogens is 2. The standard InChI is InChI=1S/C50H31N5/c1-52-45-29-34(33-51)21-26-49(45)55-47-27-23-35(36-22-25-42-41-19-11-12-20-46(41)54(50(42)31-36)39-17-9-4-10-18-39)30-43(47)44-32-40(24-28-48(44)55)53(37-13-5-2-6-14-37)38-15-7-3-8-16-38/h2-32H. The van der Waals surface area contributed by atoms with Crippen molar-refractivity contribution in [1.29, 1.82) is 5.26 Å². The van der Waals surface area contributed by atoms with E-state index in [-0.39, 0.29) is 0 Å². The lowest BCUT2D eigenvalue weighted by Gasteiger charge is -2.25. The van der Waals surface area contributed by atoms with Crippen LogP contribution in [0.3, 0.4) is 0 Å². The maximum atomic E-state index is 9.66. The third kappa shape index (κ3) is 5.23. The molecule has 0 bridgehead atoms. The van der Waals surface area contributed by atoms with Crippen molar-refractivity contribution in [2.45, 2.75) is 0 Å². The number of para-hydroxylation sites is 4. The second kappa shape index (κ2) is 13.0. The van der Waals surface area contributed by atoms with E-state index >= 15 is 0 Å². The molecule has 8 aromatic carbocycles. The summed E-state index contributed by atoms with van der Waals surface area (Å²) >= 11 is 0. The molecule has 0 unspecified atom stereocenters. The summed E-state index contributed by atoms with van der Waals surface area (Å²) in [6.45, 7) is 8.08. The maximum absolute atomic E-state index is 9.66. The predicted octanol–water partition coefficient (Wildman–Crippen LogP) is 13.4. The van der Waals surface area contributed by atoms with Gasteiger partial charge in [0.1, 0.15) is 0 Å². The van der Waals surface area contributed by atoms with E-state index < -0.39 is 0 Å². The van der Waals surface area contributed by atoms with Crippen LogP contribution in [0.5, 0.6) is 0 Å². The normalized spacial score (nSPS) is 11.2. The number of anilines is 3. The highest BCUT2D eigenvalue weighted by molar-refractivity contribution is 6.13. The Bertz CT molecular complexity index is 3120. The highest BCUT2D eigenvalue weighted by Gasteiger charge is 2.20. The summed E-state index contributed by atoms with van der Waals surface area (Å²) < 4.78 is 4.52. The SMILES string of the molecule is [C-]#[N+]c1cc(C#N)ccc1-n1c2ccc(-c3ccc4c5ccccc5n(-c5ccccc5)c4c3)cc2c2cc(N(c3ccccc3)c3ccccc3)ccc21. The number of hydrogen-bond acceptors (Lipinski definition) is 2. The second-order valence-corrected chi connectivity index (χ2v) is 13.6. The van der Waals surface area contributed by atoms with Gasteiger partial charge in [0.25, 0.3) is 0 Å². The van der Waals surface area contributed by atoms with E-state index in [2.05, 4.69) is 183 Å². The number of benzene rings is 8. The molecule has 0 spiro atoms. The summed E-state index contributed by atoms with van der Waals surface area (Å²) in [4.78, 5) is 6.16. The fourth-order valence-corrected chi connectivity index (χ4v) is 8.07. The molecule has 256 valence electrons. The zero-order chi connectivity index (χ0) is 36.9. The molecule has 0 radical (unpaired) electrons. The van der Waals surface area contributed by atoms with Gasteiger partial charge in [-0.25, -0.2) is 4.85 Å².